The van der Waals surface area contributed by atoms with Gasteiger partial charge in [-0.25, -0.2) is 0 Å². The molecule has 6 nitrogen and oxygen atoms in total. The predicted octanol–water partition coefficient (Wildman–Crippen LogP) is 3.70. The molecule has 0 saturated carbocycles. The normalized spacial score (nSPS) is 10.6. The van der Waals surface area contributed by atoms with E-state index in [-0.39, 0.29) is 5.91 Å². The van der Waals surface area contributed by atoms with Gasteiger partial charge in [0, 0.05) is 24.5 Å². The van der Waals surface area contributed by atoms with E-state index in [4.69, 9.17) is 0 Å². The second-order valence-electron chi connectivity index (χ2n) is 5.53. The maximum Gasteiger partial charge on any atom is 0.281 e. The molecular weight excluding hydrogens is 346 g/mol. The topological polar surface area (TPSA) is 72.7 Å². The Hall–Kier alpha value is -3.32. The minimum atomic E-state index is -0.227. The highest BCUT2D eigenvalue weighted by Crippen LogP contribution is 2.23. The summed E-state index contributed by atoms with van der Waals surface area (Å²) in [6.45, 7) is 0.498. The minimum Gasteiger partial charge on any atom is -0.350 e. The second-order valence-corrected chi connectivity index (χ2v) is 6.48. The lowest BCUT2D eigenvalue weighted by atomic mass is 10.2. The van der Waals surface area contributed by atoms with Crippen molar-refractivity contribution >= 4 is 23.2 Å². The van der Waals surface area contributed by atoms with Crippen LogP contribution in [0.15, 0.2) is 72.4 Å². The summed E-state index contributed by atoms with van der Waals surface area (Å²) in [6, 6.07) is 16.7. The number of carbonyl (C=O) groups excluding carboxylic acids is 1. The Labute approximate surface area is 154 Å². The van der Waals surface area contributed by atoms with E-state index in [0.717, 1.165) is 10.4 Å². The number of nitrogens with zero attached hydrogens (tertiary/aromatic N) is 4. The van der Waals surface area contributed by atoms with Crippen LogP contribution in [-0.4, -0.2) is 25.7 Å². The van der Waals surface area contributed by atoms with E-state index in [1.54, 1.807) is 24.5 Å². The molecule has 3 aromatic heterocycles. The fraction of sp³-hybridized carbons (Fsp3) is 0.0526. The largest absolute Gasteiger partial charge is 0.350 e. The van der Waals surface area contributed by atoms with Crippen molar-refractivity contribution in [2.75, 3.05) is 5.32 Å². The first-order chi connectivity index (χ1) is 12.8. The molecule has 4 rings (SSSR count). The molecule has 7 heteroatoms. The van der Waals surface area contributed by atoms with Gasteiger partial charge in [0.05, 0.1) is 4.88 Å². The van der Waals surface area contributed by atoms with Crippen molar-refractivity contribution in [3.05, 3.63) is 83.5 Å². The highest BCUT2D eigenvalue weighted by Gasteiger charge is 2.19. The third-order valence-electron chi connectivity index (χ3n) is 3.74. The van der Waals surface area contributed by atoms with E-state index in [1.165, 1.54) is 16.0 Å². The molecule has 0 unspecified atom stereocenters. The van der Waals surface area contributed by atoms with Crippen LogP contribution in [0.5, 0.6) is 0 Å². The van der Waals surface area contributed by atoms with Gasteiger partial charge in [-0.3, -0.25) is 9.78 Å². The Bertz CT molecular complexity index is 997. The van der Waals surface area contributed by atoms with Crippen LogP contribution in [0, 0.1) is 0 Å². The van der Waals surface area contributed by atoms with Gasteiger partial charge in [0.1, 0.15) is 0 Å². The van der Waals surface area contributed by atoms with Crippen LogP contribution in [0.25, 0.3) is 10.7 Å². The van der Waals surface area contributed by atoms with E-state index < -0.39 is 0 Å². The van der Waals surface area contributed by atoms with Gasteiger partial charge in [-0.05, 0) is 35.2 Å². The van der Waals surface area contributed by atoms with Gasteiger partial charge in [0.25, 0.3) is 5.91 Å². The standard InChI is InChI=1S/C19H15N5OS/c25-18(15-7-2-1-3-8-15)24-19(21-13-14-6-4-10-20-12-14)22-17(23-24)16-9-5-11-26-16/h1-12H,13H2,(H,21,22,23). The molecule has 1 aromatic carbocycles. The highest BCUT2D eigenvalue weighted by atomic mass is 32.1. The summed E-state index contributed by atoms with van der Waals surface area (Å²) in [6.07, 6.45) is 3.49. The van der Waals surface area contributed by atoms with Gasteiger partial charge >= 0.3 is 0 Å². The number of thiophene rings is 1. The summed E-state index contributed by atoms with van der Waals surface area (Å²) >= 11 is 1.53. The number of hydrogen-bond acceptors (Lipinski definition) is 6. The average Bonchev–Trinajstić information content (AvgIpc) is 3.37. The summed E-state index contributed by atoms with van der Waals surface area (Å²) in [4.78, 5) is 22.4. The fourth-order valence-electron chi connectivity index (χ4n) is 2.47. The first-order valence-corrected chi connectivity index (χ1v) is 8.93. The molecule has 0 radical (unpaired) electrons. The Kier molecular flexibility index (Phi) is 4.53. The van der Waals surface area contributed by atoms with Gasteiger partial charge in [0.15, 0.2) is 5.82 Å². The summed E-state index contributed by atoms with van der Waals surface area (Å²) < 4.78 is 1.32. The zero-order valence-corrected chi connectivity index (χ0v) is 14.6. The van der Waals surface area contributed by atoms with E-state index in [2.05, 4.69) is 20.4 Å². The van der Waals surface area contributed by atoms with Gasteiger partial charge in [0.2, 0.25) is 5.95 Å². The first-order valence-electron chi connectivity index (χ1n) is 8.05. The molecule has 1 N–H and O–H groups in total. The lowest BCUT2D eigenvalue weighted by Gasteiger charge is -2.07. The second kappa shape index (κ2) is 7.28. The summed E-state index contributed by atoms with van der Waals surface area (Å²) in [5, 5.41) is 9.58. The highest BCUT2D eigenvalue weighted by molar-refractivity contribution is 7.13. The molecular formula is C19H15N5OS. The van der Waals surface area contributed by atoms with Gasteiger partial charge in [-0.2, -0.15) is 9.67 Å². The number of nitrogens with one attached hydrogen (secondary N) is 1. The van der Waals surface area contributed by atoms with Gasteiger partial charge in [-0.15, -0.1) is 16.4 Å². The van der Waals surface area contributed by atoms with Crippen molar-refractivity contribution < 1.29 is 4.79 Å². The molecule has 0 aliphatic carbocycles. The molecule has 4 aromatic rings. The molecule has 0 bridgehead atoms. The van der Waals surface area contributed by atoms with Crippen molar-refractivity contribution in [3.63, 3.8) is 0 Å². The van der Waals surface area contributed by atoms with E-state index in [9.17, 15) is 4.79 Å². The van der Waals surface area contributed by atoms with Crippen LogP contribution in [0.2, 0.25) is 0 Å². The van der Waals surface area contributed by atoms with Crippen LogP contribution in [-0.2, 0) is 6.54 Å². The smallest absolute Gasteiger partial charge is 0.281 e. The maximum absolute atomic E-state index is 12.9. The fourth-order valence-corrected chi connectivity index (χ4v) is 3.12. The Morgan fingerprint density at radius 3 is 2.69 bits per heavy atom. The van der Waals surface area contributed by atoms with Crippen LogP contribution in [0.3, 0.4) is 0 Å². The average molecular weight is 361 g/mol. The first kappa shape index (κ1) is 16.2. The zero-order valence-electron chi connectivity index (χ0n) is 13.7. The number of benzene rings is 1. The molecule has 0 atom stereocenters. The number of aromatic nitrogens is 4. The predicted molar refractivity (Wildman–Crippen MR) is 101 cm³/mol. The molecule has 0 amide bonds. The number of anilines is 1. The van der Waals surface area contributed by atoms with Gasteiger partial charge in [-0.1, -0.05) is 30.3 Å². The van der Waals surface area contributed by atoms with Crippen molar-refractivity contribution in [3.8, 4) is 10.7 Å². The van der Waals surface area contributed by atoms with E-state index in [0.29, 0.717) is 23.9 Å². The van der Waals surface area contributed by atoms with Crippen molar-refractivity contribution in [1.82, 2.24) is 19.7 Å². The van der Waals surface area contributed by atoms with E-state index >= 15 is 0 Å². The van der Waals surface area contributed by atoms with Crippen molar-refractivity contribution in [2.45, 2.75) is 6.54 Å². The molecule has 0 aliphatic heterocycles. The van der Waals surface area contributed by atoms with Crippen LogP contribution >= 0.6 is 11.3 Å². The van der Waals surface area contributed by atoms with Crippen LogP contribution in [0.4, 0.5) is 5.95 Å². The monoisotopic (exact) mass is 361 g/mol. The summed E-state index contributed by atoms with van der Waals surface area (Å²) in [7, 11) is 0. The number of pyridine rings is 1. The Morgan fingerprint density at radius 2 is 1.96 bits per heavy atom. The van der Waals surface area contributed by atoms with Crippen LogP contribution < -0.4 is 5.32 Å². The summed E-state index contributed by atoms with van der Waals surface area (Å²) in [5.41, 5.74) is 1.55. The Morgan fingerprint density at radius 1 is 1.08 bits per heavy atom. The quantitative estimate of drug-likeness (QED) is 0.587. The molecule has 3 heterocycles. The molecule has 26 heavy (non-hydrogen) atoms. The molecule has 128 valence electrons. The maximum atomic E-state index is 12.9. The SMILES string of the molecule is O=C(c1ccccc1)n1nc(-c2cccs2)nc1NCc1cccnc1. The summed E-state index contributed by atoms with van der Waals surface area (Å²) in [5.74, 6) is 0.707. The molecule has 0 fully saturated rings. The Balaban J connectivity index is 1.67. The van der Waals surface area contributed by atoms with Crippen LogP contribution in [0.1, 0.15) is 15.9 Å². The van der Waals surface area contributed by atoms with Crippen molar-refractivity contribution in [1.29, 1.82) is 0 Å². The van der Waals surface area contributed by atoms with Gasteiger partial charge < -0.3 is 5.32 Å². The zero-order chi connectivity index (χ0) is 17.8. The lowest BCUT2D eigenvalue weighted by molar-refractivity contribution is 0.0947. The molecule has 0 aliphatic rings. The minimum absolute atomic E-state index is 0.227. The van der Waals surface area contributed by atoms with E-state index in [1.807, 2.05) is 47.8 Å². The molecule has 0 spiro atoms. The number of hydrogen-bond donors (Lipinski definition) is 1. The third-order valence-corrected chi connectivity index (χ3v) is 4.60. The number of rotatable bonds is 5. The lowest BCUT2D eigenvalue weighted by Crippen LogP contribution is -2.17. The van der Waals surface area contributed by atoms with Crippen molar-refractivity contribution in [2.24, 2.45) is 0 Å². The molecule has 0 saturated heterocycles. The third kappa shape index (κ3) is 3.38. The number of carbonyl (C=O) groups is 1.